The number of amides is 2. The Kier molecular flexibility index (Phi) is 7.46. The Morgan fingerprint density at radius 2 is 2.15 bits per heavy atom. The average Bonchev–Trinajstić information content (AvgIpc) is 2.93. The van der Waals surface area contributed by atoms with Crippen molar-refractivity contribution in [2.24, 2.45) is 5.92 Å². The molecule has 0 radical (unpaired) electrons. The molecule has 1 fully saturated rings. The Morgan fingerprint density at radius 3 is 2.77 bits per heavy atom. The summed E-state index contributed by atoms with van der Waals surface area (Å²) in [5, 5.41) is 2.64. The lowest BCUT2D eigenvalue weighted by atomic mass is 10.0. The molecule has 5 nitrogen and oxygen atoms in total. The summed E-state index contributed by atoms with van der Waals surface area (Å²) in [5.41, 5.74) is 0.722. The van der Waals surface area contributed by atoms with Crippen molar-refractivity contribution >= 4 is 23.6 Å². The molecule has 2 rings (SSSR count). The van der Waals surface area contributed by atoms with Crippen molar-refractivity contribution in [3.8, 4) is 0 Å². The zero-order chi connectivity index (χ0) is 19.3. The molecule has 0 unspecified atom stereocenters. The van der Waals surface area contributed by atoms with Crippen LogP contribution >= 0.6 is 11.8 Å². The summed E-state index contributed by atoms with van der Waals surface area (Å²) in [6.45, 7) is 5.45. The van der Waals surface area contributed by atoms with Crippen LogP contribution in [0.5, 0.6) is 0 Å². The van der Waals surface area contributed by atoms with Gasteiger partial charge in [-0.25, -0.2) is 4.39 Å². The van der Waals surface area contributed by atoms with E-state index in [0.717, 1.165) is 12.1 Å². The first-order chi connectivity index (χ1) is 12.3. The second-order valence-electron chi connectivity index (χ2n) is 7.41. The number of nitrogens with one attached hydrogen (secondary N) is 2. The van der Waals surface area contributed by atoms with Crippen molar-refractivity contribution in [1.29, 1.82) is 0 Å². The van der Waals surface area contributed by atoms with E-state index < -0.39 is 6.04 Å². The zero-order valence-electron chi connectivity index (χ0n) is 15.9. The van der Waals surface area contributed by atoms with Crippen LogP contribution in [0.1, 0.15) is 31.2 Å². The summed E-state index contributed by atoms with van der Waals surface area (Å²) < 4.78 is 13.7. The van der Waals surface area contributed by atoms with Gasteiger partial charge < -0.3 is 15.1 Å². The zero-order valence-corrected chi connectivity index (χ0v) is 16.7. The van der Waals surface area contributed by atoms with Crippen molar-refractivity contribution in [2.75, 3.05) is 32.9 Å². The summed E-state index contributed by atoms with van der Waals surface area (Å²) in [7, 11) is 4.05. The van der Waals surface area contributed by atoms with E-state index in [1.807, 2.05) is 34.0 Å². The SMILES string of the molecule is CC(C)C[C@H](C(=O)NCC[NH+](C)C)N1C(=O)CS[C@H]1c1cccc(F)c1. The first-order valence-electron chi connectivity index (χ1n) is 9.04. The van der Waals surface area contributed by atoms with Crippen LogP contribution in [-0.4, -0.2) is 55.7 Å². The number of carbonyl (C=O) groups excluding carboxylic acids is 2. The van der Waals surface area contributed by atoms with Crippen LogP contribution in [-0.2, 0) is 9.59 Å². The summed E-state index contributed by atoms with van der Waals surface area (Å²) in [6.07, 6.45) is 0.582. The molecule has 26 heavy (non-hydrogen) atoms. The molecule has 1 saturated heterocycles. The van der Waals surface area contributed by atoms with Crippen LogP contribution in [0.2, 0.25) is 0 Å². The topological polar surface area (TPSA) is 53.9 Å². The van der Waals surface area contributed by atoms with E-state index in [1.54, 1.807) is 11.0 Å². The molecule has 144 valence electrons. The van der Waals surface area contributed by atoms with Crippen molar-refractivity contribution in [3.63, 3.8) is 0 Å². The maximum Gasteiger partial charge on any atom is 0.243 e. The number of carbonyl (C=O) groups is 2. The second kappa shape index (κ2) is 9.37. The Hall–Kier alpha value is -1.60. The summed E-state index contributed by atoms with van der Waals surface area (Å²) in [5.74, 6) is 0.0451. The first-order valence-corrected chi connectivity index (χ1v) is 10.1. The molecule has 0 saturated carbocycles. The number of hydrogen-bond donors (Lipinski definition) is 2. The fourth-order valence-electron chi connectivity index (χ4n) is 3.04. The highest BCUT2D eigenvalue weighted by molar-refractivity contribution is 8.00. The van der Waals surface area contributed by atoms with Crippen LogP contribution < -0.4 is 10.2 Å². The second-order valence-corrected chi connectivity index (χ2v) is 8.48. The number of nitrogens with zero attached hydrogens (tertiary/aromatic N) is 1. The number of benzene rings is 1. The fourth-order valence-corrected chi connectivity index (χ4v) is 4.25. The molecule has 0 aliphatic carbocycles. The van der Waals surface area contributed by atoms with E-state index in [0.29, 0.717) is 18.7 Å². The minimum Gasteiger partial charge on any atom is -0.349 e. The predicted molar refractivity (Wildman–Crippen MR) is 102 cm³/mol. The Morgan fingerprint density at radius 1 is 1.42 bits per heavy atom. The molecule has 1 aromatic carbocycles. The Labute approximate surface area is 159 Å². The third kappa shape index (κ3) is 5.45. The lowest BCUT2D eigenvalue weighted by Gasteiger charge is -2.33. The van der Waals surface area contributed by atoms with Crippen molar-refractivity contribution < 1.29 is 18.9 Å². The summed E-state index contributed by atoms with van der Waals surface area (Å²) >= 11 is 1.45. The minimum absolute atomic E-state index is 0.0664. The fraction of sp³-hybridized carbons (Fsp3) is 0.579. The lowest BCUT2D eigenvalue weighted by Crippen LogP contribution is -3.06. The number of hydrogen-bond acceptors (Lipinski definition) is 3. The maximum atomic E-state index is 13.7. The molecule has 1 aliphatic rings. The number of halogens is 1. The highest BCUT2D eigenvalue weighted by atomic mass is 32.2. The largest absolute Gasteiger partial charge is 0.349 e. The average molecular weight is 383 g/mol. The van der Waals surface area contributed by atoms with Gasteiger partial charge >= 0.3 is 0 Å². The van der Waals surface area contributed by atoms with Crippen molar-refractivity contribution in [3.05, 3.63) is 35.6 Å². The quantitative estimate of drug-likeness (QED) is 0.707. The molecule has 7 heteroatoms. The normalized spacial score (nSPS) is 18.7. The Bertz CT molecular complexity index is 639. The molecule has 1 aliphatic heterocycles. The van der Waals surface area contributed by atoms with Crippen LogP contribution in [0.3, 0.4) is 0 Å². The van der Waals surface area contributed by atoms with E-state index >= 15 is 0 Å². The minimum atomic E-state index is -0.539. The highest BCUT2D eigenvalue weighted by Gasteiger charge is 2.41. The van der Waals surface area contributed by atoms with Gasteiger partial charge in [-0.05, 0) is 30.0 Å². The van der Waals surface area contributed by atoms with Gasteiger partial charge in [0.25, 0.3) is 0 Å². The maximum absolute atomic E-state index is 13.7. The molecule has 2 atom stereocenters. The molecule has 0 spiro atoms. The highest BCUT2D eigenvalue weighted by Crippen LogP contribution is 2.41. The molecule has 2 amide bonds. The van der Waals surface area contributed by atoms with Crippen LogP contribution in [0.25, 0.3) is 0 Å². The van der Waals surface area contributed by atoms with Crippen LogP contribution in [0.15, 0.2) is 24.3 Å². The van der Waals surface area contributed by atoms with Gasteiger partial charge in [0.15, 0.2) is 0 Å². The van der Waals surface area contributed by atoms with Gasteiger partial charge in [0.2, 0.25) is 11.8 Å². The van der Waals surface area contributed by atoms with Crippen molar-refractivity contribution in [2.45, 2.75) is 31.7 Å². The van der Waals surface area contributed by atoms with Gasteiger partial charge in [-0.15, -0.1) is 11.8 Å². The third-order valence-corrected chi connectivity index (χ3v) is 5.53. The van der Waals surface area contributed by atoms with Gasteiger partial charge in [-0.3, -0.25) is 9.59 Å². The summed E-state index contributed by atoms with van der Waals surface area (Å²) in [4.78, 5) is 28.3. The van der Waals surface area contributed by atoms with Crippen LogP contribution in [0, 0.1) is 11.7 Å². The number of likely N-dealkylation sites (N-methyl/N-ethyl adjacent to an activating group) is 1. The van der Waals surface area contributed by atoms with E-state index in [-0.39, 0.29) is 28.9 Å². The molecule has 2 N–H and O–H groups in total. The van der Waals surface area contributed by atoms with Crippen molar-refractivity contribution in [1.82, 2.24) is 10.2 Å². The monoisotopic (exact) mass is 382 g/mol. The van der Waals surface area contributed by atoms with E-state index in [1.165, 1.54) is 28.8 Å². The number of quaternary nitrogens is 1. The molecule has 0 bridgehead atoms. The molecule has 0 aromatic heterocycles. The number of rotatable bonds is 8. The van der Waals surface area contributed by atoms with Gasteiger partial charge in [0.1, 0.15) is 17.2 Å². The van der Waals surface area contributed by atoms with Crippen LogP contribution in [0.4, 0.5) is 4.39 Å². The predicted octanol–water partition coefficient (Wildman–Crippen LogP) is 1.08. The molecular formula is C19H29FN3O2S+. The van der Waals surface area contributed by atoms with E-state index in [2.05, 4.69) is 5.32 Å². The van der Waals surface area contributed by atoms with Gasteiger partial charge in [-0.1, -0.05) is 26.0 Å². The molecule has 1 heterocycles. The Balaban J connectivity index is 2.22. The lowest BCUT2D eigenvalue weighted by molar-refractivity contribution is -0.856. The standard InChI is InChI=1S/C19H28FN3O2S/c1-13(2)10-16(18(25)21-8-9-22(3)4)23-17(24)12-26-19(23)14-6-5-7-15(20)11-14/h5-7,11,13,16,19H,8-10,12H2,1-4H3,(H,21,25)/p+1/t16-,19+/m1/s1. The molecule has 1 aromatic rings. The van der Waals surface area contributed by atoms with E-state index in [4.69, 9.17) is 0 Å². The smallest absolute Gasteiger partial charge is 0.243 e. The van der Waals surface area contributed by atoms with Gasteiger partial charge in [-0.2, -0.15) is 0 Å². The first kappa shape index (κ1) is 20.7. The van der Waals surface area contributed by atoms with Gasteiger partial charge in [0.05, 0.1) is 32.9 Å². The number of thioether (sulfide) groups is 1. The van der Waals surface area contributed by atoms with E-state index in [9.17, 15) is 14.0 Å². The molecular weight excluding hydrogens is 353 g/mol. The van der Waals surface area contributed by atoms with Gasteiger partial charge in [0, 0.05) is 0 Å². The third-order valence-electron chi connectivity index (χ3n) is 4.30. The summed E-state index contributed by atoms with van der Waals surface area (Å²) in [6, 6.07) is 5.75.